The minimum Gasteiger partial charge on any atom is -0.505 e. The van der Waals surface area contributed by atoms with Crippen molar-refractivity contribution in [3.63, 3.8) is 0 Å². The van der Waals surface area contributed by atoms with E-state index in [0.29, 0.717) is 0 Å². The van der Waals surface area contributed by atoms with Crippen LogP contribution in [0.5, 0.6) is 5.75 Å². The van der Waals surface area contributed by atoms with Gasteiger partial charge in [0.05, 0.1) is 0 Å². The first-order chi connectivity index (χ1) is 6.90. The van der Waals surface area contributed by atoms with Crippen LogP contribution in [-0.4, -0.2) is 22.7 Å². The molecule has 1 aromatic carbocycles. The number of hydrogen-bond donors (Lipinski definition) is 3. The van der Waals surface area contributed by atoms with Crippen molar-refractivity contribution in [3.05, 3.63) is 29.6 Å². The lowest BCUT2D eigenvalue weighted by atomic mass is 10.0. The average molecular weight is 221 g/mol. The second kappa shape index (κ2) is 4.08. The maximum atomic E-state index is 12.9. The highest BCUT2D eigenvalue weighted by Crippen LogP contribution is 2.34. The van der Waals surface area contributed by atoms with Crippen molar-refractivity contribution in [1.82, 2.24) is 0 Å². The van der Waals surface area contributed by atoms with Crippen LogP contribution in [0.4, 0.5) is 13.2 Å². The molecule has 1 rings (SSSR count). The van der Waals surface area contributed by atoms with Gasteiger partial charge in [0.2, 0.25) is 0 Å². The molecule has 15 heavy (non-hydrogen) atoms. The van der Waals surface area contributed by atoms with E-state index in [-0.39, 0.29) is 0 Å². The van der Waals surface area contributed by atoms with E-state index in [1.807, 2.05) is 0 Å². The minimum absolute atomic E-state index is 0.436. The lowest BCUT2D eigenvalue weighted by molar-refractivity contribution is -0.0716. The van der Waals surface area contributed by atoms with Crippen LogP contribution in [0.3, 0.4) is 0 Å². The second-order valence-electron chi connectivity index (χ2n) is 3.07. The van der Waals surface area contributed by atoms with Gasteiger partial charge >= 0.3 is 0 Å². The number of para-hydroxylation sites is 1. The normalized spacial score (nSPS) is 13.9. The molecule has 0 spiro atoms. The molecule has 0 aliphatic heterocycles. The van der Waals surface area contributed by atoms with Crippen LogP contribution in [0.1, 0.15) is 11.6 Å². The number of phenolic OH excluding ortho intramolecular Hbond substituents is 1. The van der Waals surface area contributed by atoms with E-state index in [1.165, 1.54) is 0 Å². The predicted molar refractivity (Wildman–Crippen MR) is 47.0 cm³/mol. The molecule has 0 unspecified atom stereocenters. The molecular formula is C9H10F3NO2. The van der Waals surface area contributed by atoms with Crippen molar-refractivity contribution in [3.8, 4) is 5.75 Å². The molecule has 4 N–H and O–H groups in total. The van der Waals surface area contributed by atoms with E-state index < -0.39 is 35.7 Å². The number of aliphatic hydroxyl groups excluding tert-OH is 1. The van der Waals surface area contributed by atoms with Crippen molar-refractivity contribution in [2.24, 2.45) is 5.73 Å². The van der Waals surface area contributed by atoms with E-state index in [0.717, 1.165) is 18.2 Å². The largest absolute Gasteiger partial charge is 0.505 e. The molecule has 0 aliphatic carbocycles. The fourth-order valence-corrected chi connectivity index (χ4v) is 1.11. The Morgan fingerprint density at radius 1 is 1.40 bits per heavy atom. The fraction of sp³-hybridized carbons (Fsp3) is 0.333. The van der Waals surface area contributed by atoms with Crippen LogP contribution in [0.15, 0.2) is 18.2 Å². The first-order valence-corrected chi connectivity index (χ1v) is 4.12. The third-order valence-corrected chi connectivity index (χ3v) is 2.02. The van der Waals surface area contributed by atoms with Crippen LogP contribution < -0.4 is 5.73 Å². The van der Waals surface area contributed by atoms with Crippen molar-refractivity contribution in [2.75, 3.05) is 6.61 Å². The van der Waals surface area contributed by atoms with Gasteiger partial charge in [0, 0.05) is 5.56 Å². The molecule has 0 saturated carbocycles. The Balaban J connectivity index is 3.12. The van der Waals surface area contributed by atoms with E-state index >= 15 is 0 Å². The topological polar surface area (TPSA) is 66.5 Å². The maximum Gasteiger partial charge on any atom is 0.289 e. The standard InChI is InChI=1S/C9H10F3NO2/c10-6-3-1-2-5(7(6)15)8(13)9(11,12)4-14/h1-3,8,14-15H,4,13H2/t8-/m1/s1. The first-order valence-electron chi connectivity index (χ1n) is 4.12. The highest BCUT2D eigenvalue weighted by molar-refractivity contribution is 5.36. The summed E-state index contributed by atoms with van der Waals surface area (Å²) in [5.41, 5.74) is 4.68. The number of hydrogen-bond acceptors (Lipinski definition) is 3. The molecule has 3 nitrogen and oxygen atoms in total. The molecule has 0 aliphatic rings. The summed E-state index contributed by atoms with van der Waals surface area (Å²) in [5.74, 6) is -5.56. The number of alkyl halides is 2. The Hall–Kier alpha value is -1.27. The smallest absolute Gasteiger partial charge is 0.289 e. The molecule has 0 fully saturated rings. The summed E-state index contributed by atoms with van der Waals surface area (Å²) in [7, 11) is 0. The quantitative estimate of drug-likeness (QED) is 0.717. The maximum absolute atomic E-state index is 12.9. The van der Waals surface area contributed by atoms with E-state index in [9.17, 15) is 13.2 Å². The second-order valence-corrected chi connectivity index (χ2v) is 3.07. The van der Waals surface area contributed by atoms with Gasteiger partial charge in [0.25, 0.3) is 5.92 Å². The lowest BCUT2D eigenvalue weighted by Crippen LogP contribution is -2.36. The zero-order valence-corrected chi connectivity index (χ0v) is 7.62. The number of halogens is 3. The Morgan fingerprint density at radius 2 is 2.00 bits per heavy atom. The molecule has 0 aromatic heterocycles. The predicted octanol–water partition coefficient (Wildman–Crippen LogP) is 1.16. The van der Waals surface area contributed by atoms with Gasteiger partial charge in [0.15, 0.2) is 11.6 Å². The van der Waals surface area contributed by atoms with Gasteiger partial charge in [0.1, 0.15) is 12.6 Å². The van der Waals surface area contributed by atoms with E-state index in [4.69, 9.17) is 15.9 Å². The fourth-order valence-electron chi connectivity index (χ4n) is 1.11. The molecular weight excluding hydrogens is 211 g/mol. The van der Waals surface area contributed by atoms with Gasteiger partial charge in [-0.05, 0) is 6.07 Å². The Morgan fingerprint density at radius 3 is 2.53 bits per heavy atom. The molecule has 1 aromatic rings. The number of benzene rings is 1. The first kappa shape index (κ1) is 11.8. The van der Waals surface area contributed by atoms with Crippen molar-refractivity contribution < 1.29 is 23.4 Å². The van der Waals surface area contributed by atoms with Gasteiger partial charge in [-0.2, -0.15) is 0 Å². The van der Waals surface area contributed by atoms with E-state index in [2.05, 4.69) is 0 Å². The number of nitrogens with two attached hydrogens (primary N) is 1. The highest BCUT2D eigenvalue weighted by atomic mass is 19.3. The summed E-state index contributed by atoms with van der Waals surface area (Å²) in [6.07, 6.45) is 0. The number of rotatable bonds is 3. The van der Waals surface area contributed by atoms with Crippen LogP contribution in [0.2, 0.25) is 0 Å². The van der Waals surface area contributed by atoms with Crippen molar-refractivity contribution in [1.29, 1.82) is 0 Å². The van der Waals surface area contributed by atoms with Gasteiger partial charge in [-0.3, -0.25) is 0 Å². The van der Waals surface area contributed by atoms with Crippen LogP contribution >= 0.6 is 0 Å². The van der Waals surface area contributed by atoms with Gasteiger partial charge in [-0.25, -0.2) is 13.2 Å². The summed E-state index contributed by atoms with van der Waals surface area (Å²) < 4.78 is 38.7. The van der Waals surface area contributed by atoms with Crippen molar-refractivity contribution in [2.45, 2.75) is 12.0 Å². The molecule has 84 valence electrons. The summed E-state index contributed by atoms with van der Waals surface area (Å²) in [5, 5.41) is 17.5. The van der Waals surface area contributed by atoms with Gasteiger partial charge < -0.3 is 15.9 Å². The van der Waals surface area contributed by atoms with Crippen LogP contribution in [0, 0.1) is 5.82 Å². The Labute approximate surface area is 84.0 Å². The SMILES string of the molecule is N[C@H](c1cccc(F)c1O)C(F)(F)CO. The van der Waals surface area contributed by atoms with E-state index in [1.54, 1.807) is 0 Å². The molecule has 0 bridgehead atoms. The molecule has 0 radical (unpaired) electrons. The minimum atomic E-state index is -3.61. The average Bonchev–Trinajstić information content (AvgIpc) is 2.21. The lowest BCUT2D eigenvalue weighted by Gasteiger charge is -2.22. The summed E-state index contributed by atoms with van der Waals surface area (Å²) in [6.45, 7) is -1.47. The third-order valence-electron chi connectivity index (χ3n) is 2.02. The number of aromatic hydroxyl groups is 1. The zero-order chi connectivity index (χ0) is 11.6. The van der Waals surface area contributed by atoms with Gasteiger partial charge in [-0.1, -0.05) is 12.1 Å². The number of phenols is 1. The summed E-state index contributed by atoms with van der Waals surface area (Å²) >= 11 is 0. The Bertz CT molecular complexity index is 357. The summed E-state index contributed by atoms with van der Waals surface area (Å²) in [6, 6.07) is 1.20. The number of aliphatic hydroxyl groups is 1. The van der Waals surface area contributed by atoms with Crippen LogP contribution in [0.25, 0.3) is 0 Å². The molecule has 0 heterocycles. The molecule has 0 amide bonds. The molecule has 0 saturated heterocycles. The van der Waals surface area contributed by atoms with Crippen molar-refractivity contribution >= 4 is 0 Å². The van der Waals surface area contributed by atoms with Crippen LogP contribution in [-0.2, 0) is 0 Å². The highest BCUT2D eigenvalue weighted by Gasteiger charge is 2.39. The third kappa shape index (κ3) is 2.21. The monoisotopic (exact) mass is 221 g/mol. The Kier molecular flexibility index (Phi) is 3.21. The molecule has 1 atom stereocenters. The summed E-state index contributed by atoms with van der Waals surface area (Å²) in [4.78, 5) is 0. The zero-order valence-electron chi connectivity index (χ0n) is 7.62. The van der Waals surface area contributed by atoms with Gasteiger partial charge in [-0.15, -0.1) is 0 Å². The molecule has 6 heteroatoms.